The molecule has 2 aromatic rings. The van der Waals surface area contributed by atoms with Gasteiger partial charge >= 0.3 is 12.1 Å². The van der Waals surface area contributed by atoms with E-state index >= 15 is 0 Å². The van der Waals surface area contributed by atoms with Crippen LogP contribution in [-0.4, -0.2) is 38.3 Å². The molecule has 2 rings (SSSR count). The summed E-state index contributed by atoms with van der Waals surface area (Å²) in [4.78, 5) is 22.8. The van der Waals surface area contributed by atoms with Crippen molar-refractivity contribution in [1.29, 1.82) is 0 Å². The van der Waals surface area contributed by atoms with Crippen molar-refractivity contribution < 1.29 is 27.9 Å². The summed E-state index contributed by atoms with van der Waals surface area (Å²) in [5.41, 5.74) is -2.47. The van der Waals surface area contributed by atoms with E-state index in [9.17, 15) is 22.8 Å². The molecular formula is C14H13F3N4O3. The third-order valence-corrected chi connectivity index (χ3v) is 3.26. The standard InChI is InChI=1S/C14H13F3N4O3/c1-8-20-19-7-21(8)5-4-18-12(22)10-3-2-9(13(23)24)6-11(10)14(15,16)17/h2-3,6-7H,4-5H2,1H3,(H,18,22)(H,23,24). The molecule has 1 aromatic heterocycles. The Morgan fingerprint density at radius 2 is 2.04 bits per heavy atom. The van der Waals surface area contributed by atoms with Crippen molar-refractivity contribution in [3.05, 3.63) is 47.0 Å². The number of aromatic nitrogens is 3. The number of hydrogen-bond donors (Lipinski definition) is 2. The maximum absolute atomic E-state index is 13.1. The van der Waals surface area contributed by atoms with E-state index in [2.05, 4.69) is 15.5 Å². The number of carboxylic acids is 1. The molecule has 0 saturated carbocycles. The predicted octanol–water partition coefficient (Wildman–Crippen LogP) is 1.73. The van der Waals surface area contributed by atoms with E-state index in [0.29, 0.717) is 18.4 Å². The fourth-order valence-corrected chi connectivity index (χ4v) is 2.03. The molecule has 0 aliphatic rings. The number of amides is 1. The second-order valence-electron chi connectivity index (χ2n) is 4.89. The molecule has 0 aliphatic carbocycles. The summed E-state index contributed by atoms with van der Waals surface area (Å²) in [6, 6.07) is 2.25. The smallest absolute Gasteiger partial charge is 0.417 e. The van der Waals surface area contributed by atoms with Crippen molar-refractivity contribution in [3.63, 3.8) is 0 Å². The molecule has 0 saturated heterocycles. The number of carboxylic acid groups (broad SMARTS) is 1. The number of aromatic carboxylic acids is 1. The normalized spacial score (nSPS) is 11.3. The van der Waals surface area contributed by atoms with Crippen molar-refractivity contribution in [1.82, 2.24) is 20.1 Å². The van der Waals surface area contributed by atoms with Gasteiger partial charge < -0.3 is 15.0 Å². The van der Waals surface area contributed by atoms with Gasteiger partial charge in [-0.15, -0.1) is 10.2 Å². The number of benzene rings is 1. The Labute approximate surface area is 134 Å². The molecule has 10 heteroatoms. The number of aryl methyl sites for hydroxylation is 1. The zero-order chi connectivity index (χ0) is 17.9. The van der Waals surface area contributed by atoms with Crippen LogP contribution in [0.25, 0.3) is 0 Å². The van der Waals surface area contributed by atoms with E-state index in [1.807, 2.05) is 0 Å². The molecule has 0 atom stereocenters. The van der Waals surface area contributed by atoms with Gasteiger partial charge in [-0.25, -0.2) is 4.79 Å². The Kier molecular flexibility index (Phi) is 4.86. The maximum Gasteiger partial charge on any atom is 0.417 e. The minimum absolute atomic E-state index is 0.0652. The molecule has 1 heterocycles. The van der Waals surface area contributed by atoms with Gasteiger partial charge in [-0.1, -0.05) is 0 Å². The van der Waals surface area contributed by atoms with Crippen LogP contribution in [0.5, 0.6) is 0 Å². The first-order valence-corrected chi connectivity index (χ1v) is 6.77. The molecular weight excluding hydrogens is 329 g/mol. The van der Waals surface area contributed by atoms with Gasteiger partial charge in [0.05, 0.1) is 16.7 Å². The number of hydrogen-bond acceptors (Lipinski definition) is 4. The van der Waals surface area contributed by atoms with Crippen LogP contribution in [0.2, 0.25) is 0 Å². The minimum Gasteiger partial charge on any atom is -0.478 e. The van der Waals surface area contributed by atoms with Crippen LogP contribution < -0.4 is 5.32 Å². The lowest BCUT2D eigenvalue weighted by molar-refractivity contribution is -0.137. The molecule has 128 valence electrons. The van der Waals surface area contributed by atoms with Gasteiger partial charge in [-0.3, -0.25) is 4.79 Å². The molecule has 7 nitrogen and oxygen atoms in total. The van der Waals surface area contributed by atoms with Gasteiger partial charge in [0.2, 0.25) is 0 Å². The lowest BCUT2D eigenvalue weighted by Crippen LogP contribution is -2.29. The summed E-state index contributed by atoms with van der Waals surface area (Å²) in [6.45, 7) is 2.05. The highest BCUT2D eigenvalue weighted by molar-refractivity contribution is 5.97. The Morgan fingerprint density at radius 1 is 1.33 bits per heavy atom. The second-order valence-corrected chi connectivity index (χ2v) is 4.89. The Hall–Kier alpha value is -2.91. The van der Waals surface area contributed by atoms with E-state index in [0.717, 1.165) is 12.1 Å². The van der Waals surface area contributed by atoms with Crippen molar-refractivity contribution in [2.45, 2.75) is 19.6 Å². The average Bonchev–Trinajstić information content (AvgIpc) is 2.91. The number of rotatable bonds is 5. The molecule has 0 radical (unpaired) electrons. The van der Waals surface area contributed by atoms with Crippen LogP contribution in [0.1, 0.15) is 32.1 Å². The largest absolute Gasteiger partial charge is 0.478 e. The third-order valence-electron chi connectivity index (χ3n) is 3.26. The van der Waals surface area contributed by atoms with Crippen molar-refractivity contribution >= 4 is 11.9 Å². The van der Waals surface area contributed by atoms with Crippen molar-refractivity contribution in [3.8, 4) is 0 Å². The van der Waals surface area contributed by atoms with Crippen LogP contribution in [-0.2, 0) is 12.7 Å². The number of carbonyl (C=O) groups is 2. The van der Waals surface area contributed by atoms with Gasteiger partial charge in [0.15, 0.2) is 0 Å². The topological polar surface area (TPSA) is 97.1 Å². The van der Waals surface area contributed by atoms with Crippen LogP contribution in [0.15, 0.2) is 24.5 Å². The Morgan fingerprint density at radius 3 is 2.58 bits per heavy atom. The fourth-order valence-electron chi connectivity index (χ4n) is 2.03. The highest BCUT2D eigenvalue weighted by Gasteiger charge is 2.36. The summed E-state index contributed by atoms with van der Waals surface area (Å²) in [7, 11) is 0. The highest BCUT2D eigenvalue weighted by atomic mass is 19.4. The third kappa shape index (κ3) is 3.89. The quantitative estimate of drug-likeness (QED) is 0.862. The molecule has 24 heavy (non-hydrogen) atoms. The first-order chi connectivity index (χ1) is 11.2. The Bertz CT molecular complexity index is 771. The lowest BCUT2D eigenvalue weighted by atomic mass is 10.0. The lowest BCUT2D eigenvalue weighted by Gasteiger charge is -2.14. The zero-order valence-corrected chi connectivity index (χ0v) is 12.5. The summed E-state index contributed by atoms with van der Waals surface area (Å²) in [5.74, 6) is -1.84. The fraction of sp³-hybridized carbons (Fsp3) is 0.286. The summed E-state index contributed by atoms with van der Waals surface area (Å²) < 4.78 is 40.8. The number of alkyl halides is 3. The first-order valence-electron chi connectivity index (χ1n) is 6.77. The number of carbonyl (C=O) groups excluding carboxylic acids is 1. The highest BCUT2D eigenvalue weighted by Crippen LogP contribution is 2.32. The predicted molar refractivity (Wildman–Crippen MR) is 75.5 cm³/mol. The van der Waals surface area contributed by atoms with E-state index in [-0.39, 0.29) is 6.54 Å². The SMILES string of the molecule is Cc1nncn1CCNC(=O)c1ccc(C(=O)O)cc1C(F)(F)F. The summed E-state index contributed by atoms with van der Waals surface area (Å²) >= 11 is 0. The number of halogens is 3. The molecule has 0 spiro atoms. The molecule has 0 bridgehead atoms. The van der Waals surface area contributed by atoms with Crippen LogP contribution in [0.3, 0.4) is 0 Å². The van der Waals surface area contributed by atoms with Gasteiger partial charge in [0.25, 0.3) is 5.91 Å². The minimum atomic E-state index is -4.84. The number of nitrogens with zero attached hydrogens (tertiary/aromatic N) is 3. The maximum atomic E-state index is 13.1. The molecule has 0 fully saturated rings. The van der Waals surface area contributed by atoms with Gasteiger partial charge in [-0.2, -0.15) is 13.2 Å². The van der Waals surface area contributed by atoms with Crippen LogP contribution in [0.4, 0.5) is 13.2 Å². The molecule has 0 unspecified atom stereocenters. The summed E-state index contributed by atoms with van der Waals surface area (Å²) in [6.07, 6.45) is -3.41. The van der Waals surface area contributed by atoms with E-state index in [1.165, 1.54) is 6.33 Å². The van der Waals surface area contributed by atoms with Crippen molar-refractivity contribution in [2.75, 3.05) is 6.54 Å². The van der Waals surface area contributed by atoms with Crippen LogP contribution >= 0.6 is 0 Å². The van der Waals surface area contributed by atoms with E-state index in [1.54, 1.807) is 11.5 Å². The van der Waals surface area contributed by atoms with Crippen molar-refractivity contribution in [2.24, 2.45) is 0 Å². The summed E-state index contributed by atoms with van der Waals surface area (Å²) in [5, 5.41) is 18.5. The van der Waals surface area contributed by atoms with Crippen LogP contribution in [0, 0.1) is 6.92 Å². The number of nitrogens with one attached hydrogen (secondary N) is 1. The molecule has 0 aliphatic heterocycles. The molecule has 1 amide bonds. The van der Waals surface area contributed by atoms with Gasteiger partial charge in [0.1, 0.15) is 12.2 Å². The van der Waals surface area contributed by atoms with Gasteiger partial charge in [-0.05, 0) is 25.1 Å². The molecule has 1 aromatic carbocycles. The van der Waals surface area contributed by atoms with E-state index in [4.69, 9.17) is 5.11 Å². The van der Waals surface area contributed by atoms with E-state index < -0.39 is 34.7 Å². The zero-order valence-electron chi connectivity index (χ0n) is 12.5. The van der Waals surface area contributed by atoms with Gasteiger partial charge in [0, 0.05) is 13.1 Å². The Balaban J connectivity index is 2.16. The first kappa shape index (κ1) is 17.4. The molecule has 2 N–H and O–H groups in total. The second kappa shape index (κ2) is 6.69. The average molecular weight is 342 g/mol. The monoisotopic (exact) mass is 342 g/mol.